The molecule has 1 aliphatic rings. The lowest BCUT2D eigenvalue weighted by atomic mass is 10.1. The number of benzene rings is 2. The van der Waals surface area contributed by atoms with Crippen LogP contribution in [0.2, 0.25) is 0 Å². The summed E-state index contributed by atoms with van der Waals surface area (Å²) in [6.45, 7) is 2.49. The number of ether oxygens (including phenoxy) is 3. The lowest BCUT2D eigenvalue weighted by Gasteiger charge is -2.27. The summed E-state index contributed by atoms with van der Waals surface area (Å²) in [5.74, 6) is 1.74. The van der Waals surface area contributed by atoms with Crippen LogP contribution in [-0.2, 0) is 11.4 Å². The van der Waals surface area contributed by atoms with Gasteiger partial charge in [0.15, 0.2) is 11.5 Å². The van der Waals surface area contributed by atoms with Crippen LogP contribution in [0, 0.1) is 0 Å². The Morgan fingerprint density at radius 1 is 1.14 bits per heavy atom. The van der Waals surface area contributed by atoms with Crippen LogP contribution in [0.1, 0.15) is 24.2 Å². The number of fused-ring (bicyclic) bond motifs is 1. The third-order valence-corrected chi connectivity index (χ3v) is 4.63. The molecule has 1 aliphatic heterocycles. The van der Waals surface area contributed by atoms with Gasteiger partial charge in [-0.05, 0) is 48.9 Å². The monoisotopic (exact) mass is 390 g/mol. The second kappa shape index (κ2) is 8.65. The molecule has 4 rings (SSSR count). The SMILES string of the molecule is CC(NC(=O)C1COc2ccccc2O1)c1cccc(OCc2ccccn2)c1. The van der Waals surface area contributed by atoms with Gasteiger partial charge in [-0.1, -0.05) is 30.3 Å². The number of rotatable bonds is 6. The van der Waals surface area contributed by atoms with Crippen molar-refractivity contribution in [2.45, 2.75) is 25.7 Å². The number of carbonyl (C=O) groups excluding carboxylic acids is 1. The molecule has 0 aliphatic carbocycles. The number of para-hydroxylation sites is 2. The highest BCUT2D eigenvalue weighted by Crippen LogP contribution is 2.31. The number of carbonyl (C=O) groups is 1. The maximum atomic E-state index is 12.6. The molecule has 3 aromatic rings. The molecule has 148 valence electrons. The van der Waals surface area contributed by atoms with E-state index in [-0.39, 0.29) is 18.6 Å². The van der Waals surface area contributed by atoms with Crippen LogP contribution in [-0.4, -0.2) is 23.6 Å². The van der Waals surface area contributed by atoms with Gasteiger partial charge >= 0.3 is 0 Å². The van der Waals surface area contributed by atoms with Gasteiger partial charge in [-0.15, -0.1) is 0 Å². The first-order valence-electron chi connectivity index (χ1n) is 9.50. The van der Waals surface area contributed by atoms with Gasteiger partial charge in [0.25, 0.3) is 5.91 Å². The lowest BCUT2D eigenvalue weighted by molar-refractivity contribution is -0.131. The van der Waals surface area contributed by atoms with Crippen molar-refractivity contribution in [1.82, 2.24) is 10.3 Å². The molecule has 1 amide bonds. The molecule has 2 heterocycles. The van der Waals surface area contributed by atoms with Crippen molar-refractivity contribution >= 4 is 5.91 Å². The Bertz CT molecular complexity index is 977. The maximum Gasteiger partial charge on any atom is 0.265 e. The molecule has 0 fully saturated rings. The molecule has 1 aromatic heterocycles. The van der Waals surface area contributed by atoms with Gasteiger partial charge in [0, 0.05) is 6.20 Å². The predicted molar refractivity (Wildman–Crippen MR) is 108 cm³/mol. The summed E-state index contributed by atoms with van der Waals surface area (Å²) in [5, 5.41) is 2.99. The molecule has 6 heteroatoms. The average Bonchev–Trinajstić information content (AvgIpc) is 2.78. The first-order chi connectivity index (χ1) is 14.2. The Morgan fingerprint density at radius 3 is 2.79 bits per heavy atom. The summed E-state index contributed by atoms with van der Waals surface area (Å²) >= 11 is 0. The first kappa shape index (κ1) is 18.8. The highest BCUT2D eigenvalue weighted by Gasteiger charge is 2.28. The maximum absolute atomic E-state index is 12.6. The van der Waals surface area contributed by atoms with E-state index in [0.29, 0.717) is 18.1 Å². The van der Waals surface area contributed by atoms with E-state index >= 15 is 0 Å². The summed E-state index contributed by atoms with van der Waals surface area (Å²) in [7, 11) is 0. The van der Waals surface area contributed by atoms with E-state index in [2.05, 4.69) is 10.3 Å². The van der Waals surface area contributed by atoms with Gasteiger partial charge in [0.05, 0.1) is 11.7 Å². The fraction of sp³-hybridized carbons (Fsp3) is 0.217. The molecule has 29 heavy (non-hydrogen) atoms. The predicted octanol–water partition coefficient (Wildman–Crippen LogP) is 3.68. The average molecular weight is 390 g/mol. The van der Waals surface area contributed by atoms with Crippen LogP contribution in [0.3, 0.4) is 0 Å². The quantitative estimate of drug-likeness (QED) is 0.695. The molecule has 2 aromatic carbocycles. The third kappa shape index (κ3) is 4.66. The number of hydrogen-bond acceptors (Lipinski definition) is 5. The fourth-order valence-corrected chi connectivity index (χ4v) is 3.05. The van der Waals surface area contributed by atoms with Gasteiger partial charge < -0.3 is 19.5 Å². The molecule has 0 saturated carbocycles. The first-order valence-corrected chi connectivity index (χ1v) is 9.50. The standard InChI is InChI=1S/C23H22N2O4/c1-16(25-23(26)22-15-28-20-10-2-3-11-21(20)29-22)17-7-6-9-19(13-17)27-14-18-8-4-5-12-24-18/h2-13,16,22H,14-15H2,1H3,(H,25,26). The molecular weight excluding hydrogens is 368 g/mol. The summed E-state index contributed by atoms with van der Waals surface area (Å²) in [4.78, 5) is 16.9. The van der Waals surface area contributed by atoms with Crippen LogP contribution in [0.5, 0.6) is 17.2 Å². The second-order valence-corrected chi connectivity index (χ2v) is 6.78. The molecule has 1 N–H and O–H groups in total. The van der Waals surface area contributed by atoms with Crippen molar-refractivity contribution in [2.24, 2.45) is 0 Å². The molecule has 0 radical (unpaired) electrons. The van der Waals surface area contributed by atoms with Crippen LogP contribution in [0.25, 0.3) is 0 Å². The Morgan fingerprint density at radius 2 is 1.97 bits per heavy atom. The molecule has 0 saturated heterocycles. The molecule has 2 atom stereocenters. The van der Waals surface area contributed by atoms with Gasteiger partial charge in [0.2, 0.25) is 6.10 Å². The molecule has 0 bridgehead atoms. The van der Waals surface area contributed by atoms with Crippen molar-refractivity contribution in [3.05, 3.63) is 84.2 Å². The topological polar surface area (TPSA) is 69.7 Å². The largest absolute Gasteiger partial charge is 0.487 e. The summed E-state index contributed by atoms with van der Waals surface area (Å²) < 4.78 is 17.2. The van der Waals surface area contributed by atoms with Crippen molar-refractivity contribution in [3.8, 4) is 17.2 Å². The second-order valence-electron chi connectivity index (χ2n) is 6.78. The number of pyridine rings is 1. The van der Waals surface area contributed by atoms with Gasteiger partial charge in [-0.2, -0.15) is 0 Å². The van der Waals surface area contributed by atoms with E-state index in [1.165, 1.54) is 0 Å². The van der Waals surface area contributed by atoms with E-state index in [1.807, 2.05) is 67.6 Å². The van der Waals surface area contributed by atoms with Crippen molar-refractivity contribution < 1.29 is 19.0 Å². The van der Waals surface area contributed by atoms with E-state index < -0.39 is 6.10 Å². The lowest BCUT2D eigenvalue weighted by Crippen LogP contribution is -2.44. The minimum Gasteiger partial charge on any atom is -0.487 e. The molecule has 0 spiro atoms. The molecule has 2 unspecified atom stereocenters. The Kier molecular flexibility index (Phi) is 5.61. The zero-order chi connectivity index (χ0) is 20.1. The summed E-state index contributed by atoms with van der Waals surface area (Å²) in [6, 6.07) is 20.5. The van der Waals surface area contributed by atoms with E-state index in [9.17, 15) is 4.79 Å². The van der Waals surface area contributed by atoms with Crippen molar-refractivity contribution in [3.63, 3.8) is 0 Å². The number of nitrogens with one attached hydrogen (secondary N) is 1. The van der Waals surface area contributed by atoms with Crippen LogP contribution in [0.15, 0.2) is 72.9 Å². The van der Waals surface area contributed by atoms with E-state index in [4.69, 9.17) is 14.2 Å². The molecule has 6 nitrogen and oxygen atoms in total. The minimum atomic E-state index is -0.684. The Hall–Kier alpha value is -3.54. The van der Waals surface area contributed by atoms with Crippen LogP contribution < -0.4 is 19.5 Å². The summed E-state index contributed by atoms with van der Waals surface area (Å²) in [6.07, 6.45) is 1.05. The zero-order valence-electron chi connectivity index (χ0n) is 16.1. The normalized spacial score (nSPS) is 16.0. The highest BCUT2D eigenvalue weighted by atomic mass is 16.6. The Labute approximate surface area is 169 Å². The fourth-order valence-electron chi connectivity index (χ4n) is 3.05. The van der Waals surface area contributed by atoms with Crippen LogP contribution in [0.4, 0.5) is 0 Å². The minimum absolute atomic E-state index is 0.183. The zero-order valence-corrected chi connectivity index (χ0v) is 16.1. The highest BCUT2D eigenvalue weighted by molar-refractivity contribution is 5.82. The van der Waals surface area contributed by atoms with Gasteiger partial charge in [0.1, 0.15) is 19.0 Å². The van der Waals surface area contributed by atoms with Gasteiger partial charge in [-0.3, -0.25) is 9.78 Å². The smallest absolute Gasteiger partial charge is 0.265 e. The van der Waals surface area contributed by atoms with Crippen molar-refractivity contribution in [1.29, 1.82) is 0 Å². The van der Waals surface area contributed by atoms with Crippen LogP contribution >= 0.6 is 0 Å². The number of aromatic nitrogens is 1. The molecular formula is C23H22N2O4. The number of amides is 1. The Balaban J connectivity index is 1.36. The van der Waals surface area contributed by atoms with E-state index in [0.717, 1.165) is 17.0 Å². The number of nitrogens with zero attached hydrogens (tertiary/aromatic N) is 1. The van der Waals surface area contributed by atoms with Gasteiger partial charge in [-0.25, -0.2) is 0 Å². The summed E-state index contributed by atoms with van der Waals surface area (Å²) in [5.41, 5.74) is 1.79. The third-order valence-electron chi connectivity index (χ3n) is 4.63. The van der Waals surface area contributed by atoms with Crippen molar-refractivity contribution in [2.75, 3.05) is 6.61 Å². The van der Waals surface area contributed by atoms with E-state index in [1.54, 1.807) is 12.3 Å². The number of hydrogen-bond donors (Lipinski definition) is 1.